The van der Waals surface area contributed by atoms with Gasteiger partial charge in [-0.05, 0) is 19.9 Å². The van der Waals surface area contributed by atoms with Gasteiger partial charge in [0.05, 0.1) is 17.9 Å². The lowest BCUT2D eigenvalue weighted by Crippen LogP contribution is -2.08. The highest BCUT2D eigenvalue weighted by atomic mass is 15.4. The van der Waals surface area contributed by atoms with Crippen molar-refractivity contribution >= 4 is 5.95 Å². The van der Waals surface area contributed by atoms with E-state index in [0.29, 0.717) is 12.5 Å². The van der Waals surface area contributed by atoms with Crippen LogP contribution in [-0.4, -0.2) is 24.5 Å². The van der Waals surface area contributed by atoms with E-state index in [1.165, 1.54) is 0 Å². The van der Waals surface area contributed by atoms with Crippen molar-refractivity contribution in [3.8, 4) is 0 Å². The molecular weight excluding hydrogens is 192 g/mol. The van der Waals surface area contributed by atoms with Crippen molar-refractivity contribution in [2.45, 2.75) is 26.9 Å². The molecule has 0 saturated heterocycles. The van der Waals surface area contributed by atoms with Crippen LogP contribution >= 0.6 is 0 Å². The van der Waals surface area contributed by atoms with Crippen LogP contribution in [0, 0.1) is 6.92 Å². The van der Waals surface area contributed by atoms with Gasteiger partial charge in [0.25, 0.3) is 0 Å². The van der Waals surface area contributed by atoms with Gasteiger partial charge in [0.1, 0.15) is 6.33 Å². The number of nitrogens with zero attached hydrogens (tertiary/aromatic N) is 5. The Morgan fingerprint density at radius 2 is 2.20 bits per heavy atom. The fourth-order valence-corrected chi connectivity index (χ4v) is 1.55. The minimum Gasteiger partial charge on any atom is -0.367 e. The van der Waals surface area contributed by atoms with Gasteiger partial charge in [0.2, 0.25) is 5.95 Å². The van der Waals surface area contributed by atoms with E-state index in [9.17, 15) is 0 Å². The Kier molecular flexibility index (Phi) is 2.40. The molecule has 0 amide bonds. The van der Waals surface area contributed by atoms with E-state index in [1.54, 1.807) is 11.0 Å². The van der Waals surface area contributed by atoms with Gasteiger partial charge in [-0.3, -0.25) is 4.68 Å². The Morgan fingerprint density at radius 1 is 1.40 bits per heavy atom. The van der Waals surface area contributed by atoms with Gasteiger partial charge in [-0.15, -0.1) is 5.10 Å². The van der Waals surface area contributed by atoms with Crippen LogP contribution in [0.4, 0.5) is 5.95 Å². The van der Waals surface area contributed by atoms with Crippen molar-refractivity contribution in [2.24, 2.45) is 0 Å². The normalized spacial score (nSPS) is 10.8. The standard InChI is InChI=1S/C9H14N6/c1-3-15-8(4-7(2)12-15)5-14-6-11-9(10)13-14/h4,6H,3,5H2,1-2H3,(H2,10,13). The summed E-state index contributed by atoms with van der Waals surface area (Å²) in [5.74, 6) is 0.300. The van der Waals surface area contributed by atoms with E-state index < -0.39 is 0 Å². The minimum atomic E-state index is 0.300. The highest BCUT2D eigenvalue weighted by molar-refractivity contribution is 5.12. The predicted octanol–water partition coefficient (Wildman–Crippen LogP) is 0.433. The zero-order valence-electron chi connectivity index (χ0n) is 8.88. The molecule has 6 heteroatoms. The van der Waals surface area contributed by atoms with Crippen LogP contribution in [-0.2, 0) is 13.1 Å². The molecule has 0 saturated carbocycles. The number of nitrogens with two attached hydrogens (primary N) is 1. The number of hydrogen-bond acceptors (Lipinski definition) is 4. The lowest BCUT2D eigenvalue weighted by molar-refractivity contribution is 0.575. The Labute approximate surface area is 87.7 Å². The summed E-state index contributed by atoms with van der Waals surface area (Å²) < 4.78 is 3.66. The maximum Gasteiger partial charge on any atom is 0.239 e. The molecule has 15 heavy (non-hydrogen) atoms. The van der Waals surface area contributed by atoms with Crippen LogP contribution < -0.4 is 5.73 Å². The average molecular weight is 206 g/mol. The molecule has 2 aromatic rings. The van der Waals surface area contributed by atoms with Gasteiger partial charge in [-0.2, -0.15) is 5.10 Å². The Morgan fingerprint density at radius 3 is 2.80 bits per heavy atom. The summed E-state index contributed by atoms with van der Waals surface area (Å²) in [6.07, 6.45) is 1.62. The molecule has 0 radical (unpaired) electrons. The molecule has 0 aliphatic rings. The van der Waals surface area contributed by atoms with Gasteiger partial charge in [-0.25, -0.2) is 9.67 Å². The van der Waals surface area contributed by atoms with E-state index >= 15 is 0 Å². The number of anilines is 1. The first kappa shape index (κ1) is 9.70. The molecule has 0 aromatic carbocycles. The number of rotatable bonds is 3. The van der Waals surface area contributed by atoms with E-state index in [0.717, 1.165) is 17.9 Å². The van der Waals surface area contributed by atoms with Crippen LogP contribution in [0.15, 0.2) is 12.4 Å². The zero-order valence-corrected chi connectivity index (χ0v) is 8.88. The van der Waals surface area contributed by atoms with Crippen molar-refractivity contribution in [2.75, 3.05) is 5.73 Å². The average Bonchev–Trinajstić information content (AvgIpc) is 2.73. The molecule has 0 aliphatic carbocycles. The van der Waals surface area contributed by atoms with Gasteiger partial charge in [0, 0.05) is 6.54 Å². The summed E-state index contributed by atoms with van der Waals surface area (Å²) in [6, 6.07) is 2.04. The fraction of sp³-hybridized carbons (Fsp3) is 0.444. The fourth-order valence-electron chi connectivity index (χ4n) is 1.55. The van der Waals surface area contributed by atoms with Crippen molar-refractivity contribution in [1.82, 2.24) is 24.5 Å². The van der Waals surface area contributed by atoms with Crippen molar-refractivity contribution in [3.63, 3.8) is 0 Å². The highest BCUT2D eigenvalue weighted by Gasteiger charge is 2.05. The summed E-state index contributed by atoms with van der Waals surface area (Å²) >= 11 is 0. The molecule has 0 fully saturated rings. The van der Waals surface area contributed by atoms with Crippen LogP contribution in [0.2, 0.25) is 0 Å². The molecule has 80 valence electrons. The van der Waals surface area contributed by atoms with Gasteiger partial charge >= 0.3 is 0 Å². The topological polar surface area (TPSA) is 74.5 Å². The molecule has 0 aliphatic heterocycles. The first-order valence-electron chi connectivity index (χ1n) is 4.87. The summed E-state index contributed by atoms with van der Waals surface area (Å²) in [5.41, 5.74) is 7.57. The lowest BCUT2D eigenvalue weighted by Gasteiger charge is -2.03. The third kappa shape index (κ3) is 1.98. The second kappa shape index (κ2) is 3.72. The van der Waals surface area contributed by atoms with Crippen LogP contribution in [0.5, 0.6) is 0 Å². The highest BCUT2D eigenvalue weighted by Crippen LogP contribution is 2.05. The maximum atomic E-state index is 5.44. The van der Waals surface area contributed by atoms with Crippen molar-refractivity contribution in [3.05, 3.63) is 23.8 Å². The van der Waals surface area contributed by atoms with E-state index in [2.05, 4.69) is 22.1 Å². The number of aromatic nitrogens is 5. The number of hydrogen-bond donors (Lipinski definition) is 1. The molecule has 0 unspecified atom stereocenters. The first-order valence-corrected chi connectivity index (χ1v) is 4.87. The molecule has 0 spiro atoms. The quantitative estimate of drug-likeness (QED) is 0.790. The molecule has 2 rings (SSSR count). The van der Waals surface area contributed by atoms with Gasteiger partial charge in [-0.1, -0.05) is 0 Å². The van der Waals surface area contributed by atoms with E-state index in [4.69, 9.17) is 5.73 Å². The summed E-state index contributed by atoms with van der Waals surface area (Å²) in [4.78, 5) is 3.88. The first-order chi connectivity index (χ1) is 7.19. The molecule has 0 atom stereocenters. The summed E-state index contributed by atoms with van der Waals surface area (Å²) in [7, 11) is 0. The van der Waals surface area contributed by atoms with Crippen LogP contribution in [0.25, 0.3) is 0 Å². The predicted molar refractivity (Wildman–Crippen MR) is 56.2 cm³/mol. The maximum absolute atomic E-state index is 5.44. The monoisotopic (exact) mass is 206 g/mol. The molecule has 6 nitrogen and oxygen atoms in total. The molecule has 2 heterocycles. The van der Waals surface area contributed by atoms with Gasteiger partial charge < -0.3 is 5.73 Å². The second-order valence-electron chi connectivity index (χ2n) is 3.39. The van der Waals surface area contributed by atoms with E-state index in [-0.39, 0.29) is 0 Å². The SMILES string of the molecule is CCn1nc(C)cc1Cn1cnc(N)n1. The largest absolute Gasteiger partial charge is 0.367 e. The Hall–Kier alpha value is -1.85. The van der Waals surface area contributed by atoms with Crippen molar-refractivity contribution < 1.29 is 0 Å². The van der Waals surface area contributed by atoms with Crippen molar-refractivity contribution in [1.29, 1.82) is 0 Å². The summed E-state index contributed by atoms with van der Waals surface area (Å²) in [5, 5.41) is 8.39. The zero-order chi connectivity index (χ0) is 10.8. The Balaban J connectivity index is 2.23. The lowest BCUT2D eigenvalue weighted by atomic mass is 10.3. The van der Waals surface area contributed by atoms with E-state index in [1.807, 2.05) is 17.7 Å². The number of nitrogen functional groups attached to an aromatic ring is 1. The van der Waals surface area contributed by atoms with Crippen LogP contribution in [0.3, 0.4) is 0 Å². The third-order valence-electron chi connectivity index (χ3n) is 2.16. The molecule has 2 N–H and O–H groups in total. The number of aryl methyl sites for hydroxylation is 2. The third-order valence-corrected chi connectivity index (χ3v) is 2.16. The molecular formula is C9H14N6. The molecule has 0 bridgehead atoms. The molecule has 2 aromatic heterocycles. The minimum absolute atomic E-state index is 0.300. The summed E-state index contributed by atoms with van der Waals surface area (Å²) in [6.45, 7) is 5.54. The Bertz CT molecular complexity index is 455. The van der Waals surface area contributed by atoms with Gasteiger partial charge in [0.15, 0.2) is 0 Å². The van der Waals surface area contributed by atoms with Crippen LogP contribution in [0.1, 0.15) is 18.3 Å². The second-order valence-corrected chi connectivity index (χ2v) is 3.39. The smallest absolute Gasteiger partial charge is 0.239 e.